The Bertz CT molecular complexity index is 2140. The van der Waals surface area contributed by atoms with Crippen LogP contribution in [0.3, 0.4) is 0 Å². The molecule has 1 aliphatic heterocycles. The van der Waals surface area contributed by atoms with Crippen molar-refractivity contribution in [2.75, 3.05) is 13.1 Å². The molecule has 9 N–H and O–H groups in total. The number of carbonyl (C=O) groups excluding carboxylic acids is 6. The van der Waals surface area contributed by atoms with Gasteiger partial charge in [-0.15, -0.1) is 0 Å². The number of hydrogen-bond donors (Lipinski definition) is 8. The highest BCUT2D eigenvalue weighted by Gasteiger charge is 2.36. The van der Waals surface area contributed by atoms with Crippen LogP contribution >= 0.6 is 0 Å². The molecular weight excluding hydrogens is 781 g/mol. The van der Waals surface area contributed by atoms with Crippen molar-refractivity contribution in [3.63, 3.8) is 0 Å². The summed E-state index contributed by atoms with van der Waals surface area (Å²) in [5, 5.41) is 25.0. The molecule has 324 valence electrons. The van der Waals surface area contributed by atoms with Crippen molar-refractivity contribution in [2.45, 2.75) is 95.5 Å². The molecule has 5 rings (SSSR count). The van der Waals surface area contributed by atoms with Gasteiger partial charge in [-0.3, -0.25) is 38.5 Å². The number of amides is 6. The molecule has 2 unspecified atom stereocenters. The minimum Gasteiger partial charge on any atom is -0.481 e. The van der Waals surface area contributed by atoms with Crippen LogP contribution < -0.4 is 32.3 Å². The molecule has 0 aliphatic carbocycles. The number of hydrogen-bond acceptors (Lipinski definition) is 8. The van der Waals surface area contributed by atoms with Crippen LogP contribution in [0.5, 0.6) is 0 Å². The Balaban J connectivity index is 1.57. The number of nitrogens with two attached hydrogens (primary N) is 1. The number of benzene rings is 3. The van der Waals surface area contributed by atoms with E-state index in [9.17, 15) is 38.7 Å². The summed E-state index contributed by atoms with van der Waals surface area (Å²) in [4.78, 5) is 100.0. The highest BCUT2D eigenvalue weighted by molar-refractivity contribution is 5.96. The van der Waals surface area contributed by atoms with Gasteiger partial charge in [-0.2, -0.15) is 0 Å². The van der Waals surface area contributed by atoms with Gasteiger partial charge >= 0.3 is 5.97 Å². The third-order valence-electron chi connectivity index (χ3n) is 10.5. The van der Waals surface area contributed by atoms with E-state index in [1.54, 1.807) is 23.2 Å². The minimum atomic E-state index is -1.44. The first-order valence-corrected chi connectivity index (χ1v) is 20.6. The molecule has 1 fully saturated rings. The number of primary amides is 1. The zero-order valence-electron chi connectivity index (χ0n) is 34.5. The molecule has 4 aromatic rings. The molecular formula is C45H56N8O8. The molecule has 1 aromatic heterocycles. The Morgan fingerprint density at radius 1 is 0.754 bits per heavy atom. The third kappa shape index (κ3) is 14.0. The number of carbonyl (C=O) groups is 7. The van der Waals surface area contributed by atoms with Gasteiger partial charge in [0.25, 0.3) is 0 Å². The molecule has 0 bridgehead atoms. The number of nitrogens with one attached hydrogen (secondary N) is 6. The first-order chi connectivity index (χ1) is 29.2. The van der Waals surface area contributed by atoms with Gasteiger partial charge in [0.2, 0.25) is 35.4 Å². The average Bonchev–Trinajstić information content (AvgIpc) is 3.63. The maximum absolute atomic E-state index is 14.5. The number of rotatable bonds is 13. The molecule has 1 aliphatic rings. The fourth-order valence-corrected chi connectivity index (χ4v) is 7.58. The quantitative estimate of drug-likeness (QED) is 0.0982. The predicted molar refractivity (Wildman–Crippen MR) is 228 cm³/mol. The van der Waals surface area contributed by atoms with Crippen molar-refractivity contribution < 1.29 is 38.7 Å². The number of aromatic nitrogens is 1. The first-order valence-electron chi connectivity index (χ1n) is 20.6. The number of H-pyrrole nitrogens is 1. The van der Waals surface area contributed by atoms with Crippen molar-refractivity contribution in [1.82, 2.24) is 36.5 Å². The van der Waals surface area contributed by atoms with Gasteiger partial charge in [-0.25, -0.2) is 0 Å². The second kappa shape index (κ2) is 22.2. The van der Waals surface area contributed by atoms with Gasteiger partial charge in [-0.1, -0.05) is 92.7 Å². The van der Waals surface area contributed by atoms with Gasteiger partial charge in [0, 0.05) is 68.5 Å². The summed E-state index contributed by atoms with van der Waals surface area (Å²) in [6, 6.07) is 19.8. The predicted octanol–water partition coefficient (Wildman–Crippen LogP) is 2.07. The SMILES string of the molecule is CC(C)CC1CN(Cc2ccccc2)C(CC(=O)O)C(=O)N[C@@H](CCC(N)=O)C(=O)N[C@@H](Cc2c[nH]c3ccccc23)C(=O)N[C@@H](Cc2ccccc2)C(=O)NCCC(=O)N1. The zero-order chi connectivity index (χ0) is 43.9. The molecule has 16 heteroatoms. The topological polar surface area (TPSA) is 245 Å². The smallest absolute Gasteiger partial charge is 0.305 e. The van der Waals surface area contributed by atoms with Gasteiger partial charge in [0.15, 0.2) is 0 Å². The van der Waals surface area contributed by atoms with E-state index in [4.69, 9.17) is 5.73 Å². The number of nitrogens with zero attached hydrogens (tertiary/aromatic N) is 1. The zero-order valence-corrected chi connectivity index (χ0v) is 34.5. The van der Waals surface area contributed by atoms with Crippen LogP contribution in [0.1, 0.15) is 62.6 Å². The van der Waals surface area contributed by atoms with Gasteiger partial charge in [0.1, 0.15) is 24.2 Å². The van der Waals surface area contributed by atoms with Crippen molar-refractivity contribution in [2.24, 2.45) is 11.7 Å². The maximum atomic E-state index is 14.5. The first kappa shape index (κ1) is 45.5. The lowest BCUT2D eigenvalue weighted by Gasteiger charge is -2.35. The highest BCUT2D eigenvalue weighted by atomic mass is 16.4. The normalized spacial score (nSPS) is 21.6. The number of carboxylic acids is 1. The minimum absolute atomic E-state index is 0.0400. The van der Waals surface area contributed by atoms with Crippen LogP contribution in [0.2, 0.25) is 0 Å². The lowest BCUT2D eigenvalue weighted by Crippen LogP contribution is -2.59. The van der Waals surface area contributed by atoms with E-state index in [-0.39, 0.29) is 63.6 Å². The van der Waals surface area contributed by atoms with Gasteiger partial charge in [-0.05, 0) is 41.5 Å². The number of para-hydroxylation sites is 1. The summed E-state index contributed by atoms with van der Waals surface area (Å²) < 4.78 is 0. The number of fused-ring (bicyclic) bond motifs is 1. The van der Waals surface area contributed by atoms with Crippen molar-refractivity contribution in [1.29, 1.82) is 0 Å². The van der Waals surface area contributed by atoms with E-state index in [1.807, 2.05) is 86.6 Å². The summed E-state index contributed by atoms with van der Waals surface area (Å²) in [6.45, 7) is 4.05. The van der Waals surface area contributed by atoms with Crippen molar-refractivity contribution in [3.05, 3.63) is 108 Å². The maximum Gasteiger partial charge on any atom is 0.305 e. The Kier molecular flexibility index (Phi) is 16.5. The van der Waals surface area contributed by atoms with E-state index in [0.717, 1.165) is 22.0 Å². The van der Waals surface area contributed by atoms with Crippen LogP contribution in [-0.4, -0.2) is 99.7 Å². The Morgan fingerprint density at radius 2 is 1.36 bits per heavy atom. The van der Waals surface area contributed by atoms with Gasteiger partial charge < -0.3 is 42.4 Å². The van der Waals surface area contributed by atoms with E-state index in [1.165, 1.54) is 0 Å². The van der Waals surface area contributed by atoms with E-state index < -0.39 is 72.1 Å². The Morgan fingerprint density at radius 3 is 2.02 bits per heavy atom. The molecule has 61 heavy (non-hydrogen) atoms. The lowest BCUT2D eigenvalue weighted by molar-refractivity contribution is -0.143. The fourth-order valence-electron chi connectivity index (χ4n) is 7.58. The second-order valence-electron chi connectivity index (χ2n) is 15.9. The summed E-state index contributed by atoms with van der Waals surface area (Å²) in [5.74, 6) is -5.23. The summed E-state index contributed by atoms with van der Waals surface area (Å²) in [7, 11) is 0. The molecule has 16 nitrogen and oxygen atoms in total. The van der Waals surface area contributed by atoms with Crippen LogP contribution in [0.15, 0.2) is 91.1 Å². The van der Waals surface area contributed by atoms with E-state index in [2.05, 4.69) is 31.6 Å². The number of aliphatic carboxylic acids is 1. The number of aromatic amines is 1. The van der Waals surface area contributed by atoms with Crippen LogP contribution in [0.25, 0.3) is 10.9 Å². The van der Waals surface area contributed by atoms with Crippen molar-refractivity contribution in [3.8, 4) is 0 Å². The van der Waals surface area contributed by atoms with Crippen LogP contribution in [0, 0.1) is 5.92 Å². The summed E-state index contributed by atoms with van der Waals surface area (Å²) >= 11 is 0. The molecule has 0 radical (unpaired) electrons. The van der Waals surface area contributed by atoms with Crippen molar-refractivity contribution >= 4 is 52.3 Å². The second-order valence-corrected chi connectivity index (χ2v) is 15.9. The Hall–Kier alpha value is -6.55. The molecule has 0 spiro atoms. The van der Waals surface area contributed by atoms with Crippen LogP contribution in [-0.2, 0) is 52.9 Å². The highest BCUT2D eigenvalue weighted by Crippen LogP contribution is 2.21. The van der Waals surface area contributed by atoms with Crippen LogP contribution in [0.4, 0.5) is 0 Å². The van der Waals surface area contributed by atoms with E-state index in [0.29, 0.717) is 12.0 Å². The molecule has 5 atom stereocenters. The third-order valence-corrected chi connectivity index (χ3v) is 10.5. The molecule has 3 aromatic carbocycles. The molecule has 1 saturated heterocycles. The average molecular weight is 837 g/mol. The van der Waals surface area contributed by atoms with Gasteiger partial charge in [0.05, 0.1) is 6.42 Å². The number of carboxylic acid groups (broad SMARTS) is 1. The van der Waals surface area contributed by atoms with E-state index >= 15 is 0 Å². The largest absolute Gasteiger partial charge is 0.481 e. The summed E-state index contributed by atoms with van der Waals surface area (Å²) in [5.41, 5.74) is 8.49. The lowest BCUT2D eigenvalue weighted by atomic mass is 10.00. The molecule has 2 heterocycles. The fraction of sp³-hybridized carbons (Fsp3) is 0.400. The molecule has 6 amide bonds. The standard InChI is InChI=1S/C45H56N8O8/c1-28(2)21-32-27-53(26-30-13-7-4-8-14-30)38(24-41(56)57)45(61)50-35(17-18-39(46)54)43(59)52-37(23-31-25-48-34-16-10-9-15-33(31)34)44(60)51-36(22-29-11-5-3-6-12-29)42(58)47-20-19-40(55)49-32/h3-16,25,28,32,35-38,48H,17-24,26-27H2,1-2H3,(H2,46,54)(H,47,58)(H,49,55)(H,50,61)(H,51,60)(H,52,59)(H,56,57)/t32?,35-,36-,37-,38?/m0/s1. The summed E-state index contributed by atoms with van der Waals surface area (Å²) in [6.07, 6.45) is 0.882. The monoisotopic (exact) mass is 836 g/mol. The molecule has 0 saturated carbocycles. The Labute approximate surface area is 354 Å².